The highest BCUT2D eigenvalue weighted by molar-refractivity contribution is 5.66. The molecule has 0 fully saturated rings. The molecule has 1 aliphatic heterocycles. The summed E-state index contributed by atoms with van der Waals surface area (Å²) in [7, 11) is 0. The van der Waals surface area contributed by atoms with Crippen LogP contribution in [0.4, 0.5) is 17.5 Å². The number of hydrogen-bond donors (Lipinski definition) is 2. The molecule has 144 valence electrons. The molecular formula is C22H24N4O2. The van der Waals surface area contributed by atoms with Gasteiger partial charge >= 0.3 is 0 Å². The van der Waals surface area contributed by atoms with Gasteiger partial charge in [0.1, 0.15) is 5.82 Å². The lowest BCUT2D eigenvalue weighted by molar-refractivity contribution is 0.174. The predicted molar refractivity (Wildman–Crippen MR) is 110 cm³/mol. The van der Waals surface area contributed by atoms with Crippen molar-refractivity contribution in [3.8, 4) is 11.5 Å². The molecule has 1 aromatic heterocycles. The Hall–Kier alpha value is -3.28. The molecule has 0 saturated heterocycles. The van der Waals surface area contributed by atoms with Crippen LogP contribution in [-0.4, -0.2) is 16.8 Å². The number of nitrogens with zero attached hydrogens (tertiary/aromatic N) is 2. The number of para-hydroxylation sites is 1. The van der Waals surface area contributed by atoms with Crippen molar-refractivity contribution in [3.05, 3.63) is 65.4 Å². The van der Waals surface area contributed by atoms with Crippen molar-refractivity contribution in [2.24, 2.45) is 0 Å². The average Bonchev–Trinajstić information content (AvgIpc) is 3.16. The number of fused-ring (bicyclic) bond motifs is 1. The first kappa shape index (κ1) is 18.1. The van der Waals surface area contributed by atoms with E-state index in [2.05, 4.69) is 59.6 Å². The molecule has 2 aromatic carbocycles. The minimum Gasteiger partial charge on any atom is -0.454 e. The predicted octanol–water partition coefficient (Wildman–Crippen LogP) is 4.99. The van der Waals surface area contributed by atoms with Gasteiger partial charge < -0.3 is 20.1 Å². The molecular weight excluding hydrogens is 352 g/mol. The van der Waals surface area contributed by atoms with Crippen molar-refractivity contribution in [2.45, 2.75) is 33.2 Å². The van der Waals surface area contributed by atoms with Crippen LogP contribution >= 0.6 is 0 Å². The molecule has 0 unspecified atom stereocenters. The van der Waals surface area contributed by atoms with Gasteiger partial charge in [0.2, 0.25) is 12.7 Å². The molecule has 4 rings (SSSR count). The minimum atomic E-state index is 0.278. The third-order valence-electron chi connectivity index (χ3n) is 4.72. The lowest BCUT2D eigenvalue weighted by Gasteiger charge is -2.17. The quantitative estimate of drug-likeness (QED) is 0.631. The van der Waals surface area contributed by atoms with E-state index in [0.717, 1.165) is 28.6 Å². The molecule has 0 bridgehead atoms. The van der Waals surface area contributed by atoms with Crippen molar-refractivity contribution in [1.29, 1.82) is 0 Å². The SMILES string of the molecule is Cc1cccc(C(C)C)c1Nc1ccnc(NCc2ccc3c(c2)OCO3)n1. The van der Waals surface area contributed by atoms with Gasteiger partial charge in [0.25, 0.3) is 0 Å². The summed E-state index contributed by atoms with van der Waals surface area (Å²) in [6.07, 6.45) is 1.75. The van der Waals surface area contributed by atoms with Crippen molar-refractivity contribution in [2.75, 3.05) is 17.4 Å². The molecule has 0 aliphatic carbocycles. The van der Waals surface area contributed by atoms with Gasteiger partial charge in [-0.25, -0.2) is 4.98 Å². The summed E-state index contributed by atoms with van der Waals surface area (Å²) in [5.74, 6) is 3.32. The third kappa shape index (κ3) is 3.86. The second-order valence-corrected chi connectivity index (χ2v) is 7.13. The Kier molecular flexibility index (Phi) is 5.02. The molecule has 6 heteroatoms. The van der Waals surface area contributed by atoms with E-state index in [1.54, 1.807) is 6.20 Å². The lowest BCUT2D eigenvalue weighted by atomic mass is 9.98. The summed E-state index contributed by atoms with van der Waals surface area (Å²) in [5.41, 5.74) is 4.65. The van der Waals surface area contributed by atoms with E-state index in [4.69, 9.17) is 9.47 Å². The Morgan fingerprint density at radius 2 is 1.93 bits per heavy atom. The van der Waals surface area contributed by atoms with E-state index in [1.165, 1.54) is 11.1 Å². The van der Waals surface area contributed by atoms with Crippen LogP contribution in [0.25, 0.3) is 0 Å². The second-order valence-electron chi connectivity index (χ2n) is 7.13. The first-order valence-electron chi connectivity index (χ1n) is 9.42. The number of rotatable bonds is 6. The van der Waals surface area contributed by atoms with Gasteiger partial charge in [-0.2, -0.15) is 4.98 Å². The van der Waals surface area contributed by atoms with Crippen LogP contribution < -0.4 is 20.1 Å². The molecule has 1 aliphatic rings. The van der Waals surface area contributed by atoms with E-state index < -0.39 is 0 Å². The minimum absolute atomic E-state index is 0.278. The van der Waals surface area contributed by atoms with Crippen molar-refractivity contribution < 1.29 is 9.47 Å². The van der Waals surface area contributed by atoms with E-state index in [1.807, 2.05) is 24.3 Å². The molecule has 0 radical (unpaired) electrons. The van der Waals surface area contributed by atoms with Crippen LogP contribution in [0.5, 0.6) is 11.5 Å². The topological polar surface area (TPSA) is 68.3 Å². The summed E-state index contributed by atoms with van der Waals surface area (Å²) >= 11 is 0. The second kappa shape index (κ2) is 7.76. The zero-order valence-corrected chi connectivity index (χ0v) is 16.3. The maximum atomic E-state index is 5.43. The fourth-order valence-corrected chi connectivity index (χ4v) is 3.22. The number of aromatic nitrogens is 2. The summed E-state index contributed by atoms with van der Waals surface area (Å²) < 4.78 is 10.8. The number of aryl methyl sites for hydroxylation is 1. The standard InChI is InChI=1S/C22H24N4O2/c1-14(2)17-6-4-5-15(3)21(17)25-20-9-10-23-22(26-20)24-12-16-7-8-18-19(11-16)28-13-27-18/h4-11,14H,12-13H2,1-3H3,(H2,23,24,25,26). The molecule has 6 nitrogen and oxygen atoms in total. The average molecular weight is 376 g/mol. The normalized spacial score (nSPS) is 12.3. The van der Waals surface area contributed by atoms with Gasteiger partial charge in [0.15, 0.2) is 11.5 Å². The highest BCUT2D eigenvalue weighted by atomic mass is 16.7. The monoisotopic (exact) mass is 376 g/mol. The van der Waals surface area contributed by atoms with Crippen molar-refractivity contribution in [3.63, 3.8) is 0 Å². The molecule has 0 atom stereocenters. The molecule has 0 spiro atoms. The van der Waals surface area contributed by atoms with Gasteiger partial charge in [-0.05, 0) is 47.7 Å². The first-order valence-corrected chi connectivity index (χ1v) is 9.42. The van der Waals surface area contributed by atoms with Gasteiger partial charge in [0, 0.05) is 18.4 Å². The van der Waals surface area contributed by atoms with Crippen molar-refractivity contribution in [1.82, 2.24) is 9.97 Å². The van der Waals surface area contributed by atoms with Gasteiger partial charge in [0.05, 0.1) is 0 Å². The Bertz CT molecular complexity index is 988. The Balaban J connectivity index is 1.48. The Labute approximate surface area is 164 Å². The zero-order valence-electron chi connectivity index (χ0n) is 16.3. The summed E-state index contributed by atoms with van der Waals surface area (Å²) in [4.78, 5) is 8.94. The fourth-order valence-electron chi connectivity index (χ4n) is 3.22. The van der Waals surface area contributed by atoms with Gasteiger partial charge in [-0.1, -0.05) is 38.1 Å². The van der Waals surface area contributed by atoms with Gasteiger partial charge in [-0.3, -0.25) is 0 Å². The van der Waals surface area contributed by atoms with E-state index in [0.29, 0.717) is 18.4 Å². The molecule has 0 saturated carbocycles. The Morgan fingerprint density at radius 3 is 2.79 bits per heavy atom. The summed E-state index contributed by atoms with van der Waals surface area (Å²) in [6, 6.07) is 14.1. The van der Waals surface area contributed by atoms with Crippen LogP contribution in [-0.2, 0) is 6.54 Å². The number of hydrogen-bond acceptors (Lipinski definition) is 6. The van der Waals surface area contributed by atoms with Crippen LogP contribution in [0.2, 0.25) is 0 Å². The first-order chi connectivity index (χ1) is 13.6. The fraction of sp³-hybridized carbons (Fsp3) is 0.273. The van der Waals surface area contributed by atoms with Crippen LogP contribution in [0.15, 0.2) is 48.7 Å². The zero-order chi connectivity index (χ0) is 19.5. The number of anilines is 3. The molecule has 3 aromatic rings. The smallest absolute Gasteiger partial charge is 0.231 e. The largest absolute Gasteiger partial charge is 0.454 e. The summed E-state index contributed by atoms with van der Waals surface area (Å²) in [5, 5.41) is 6.74. The molecule has 0 amide bonds. The third-order valence-corrected chi connectivity index (χ3v) is 4.72. The van der Waals surface area contributed by atoms with Crippen LogP contribution in [0.1, 0.15) is 36.5 Å². The molecule has 28 heavy (non-hydrogen) atoms. The van der Waals surface area contributed by atoms with E-state index >= 15 is 0 Å². The maximum absolute atomic E-state index is 5.43. The highest BCUT2D eigenvalue weighted by Crippen LogP contribution is 2.33. The highest BCUT2D eigenvalue weighted by Gasteiger charge is 2.13. The maximum Gasteiger partial charge on any atom is 0.231 e. The van der Waals surface area contributed by atoms with Gasteiger partial charge in [-0.15, -0.1) is 0 Å². The van der Waals surface area contributed by atoms with Crippen LogP contribution in [0.3, 0.4) is 0 Å². The Morgan fingerprint density at radius 1 is 1.07 bits per heavy atom. The van der Waals surface area contributed by atoms with E-state index in [9.17, 15) is 0 Å². The molecule has 2 N–H and O–H groups in total. The van der Waals surface area contributed by atoms with Crippen molar-refractivity contribution >= 4 is 17.5 Å². The number of benzene rings is 2. The lowest BCUT2D eigenvalue weighted by Crippen LogP contribution is -2.06. The number of nitrogens with one attached hydrogen (secondary N) is 2. The van der Waals surface area contributed by atoms with E-state index in [-0.39, 0.29) is 6.79 Å². The number of ether oxygens (including phenoxy) is 2. The van der Waals surface area contributed by atoms with Crippen LogP contribution in [0, 0.1) is 6.92 Å². The molecule has 2 heterocycles. The summed E-state index contributed by atoms with van der Waals surface area (Å²) in [6.45, 7) is 7.37.